The minimum Gasteiger partial charge on any atom is -0.481 e. The second kappa shape index (κ2) is 13.1. The van der Waals surface area contributed by atoms with Crippen LogP contribution in [0.1, 0.15) is 51.9 Å². The molecule has 0 saturated heterocycles. The summed E-state index contributed by atoms with van der Waals surface area (Å²) < 4.78 is 0. The highest BCUT2D eigenvalue weighted by atomic mass is 16.4. The van der Waals surface area contributed by atoms with Crippen LogP contribution in [0.25, 0.3) is 0 Å². The Morgan fingerprint density at radius 2 is 1.89 bits per heavy atom. The first-order valence-corrected chi connectivity index (χ1v) is 7.05. The number of unbranched alkanes of at least 4 members (excludes halogenated alkanes) is 3. The topological polar surface area (TPSA) is 57.5 Å². The molecule has 108 valence electrons. The highest BCUT2D eigenvalue weighted by Gasteiger charge is 1.93. The van der Waals surface area contributed by atoms with Gasteiger partial charge in [-0.3, -0.25) is 4.79 Å². The fraction of sp³-hybridized carbons (Fsp3) is 0.562. The van der Waals surface area contributed by atoms with Crippen molar-refractivity contribution in [2.75, 3.05) is 0 Å². The Morgan fingerprint density at radius 1 is 1.11 bits per heavy atom. The molecule has 0 aliphatic rings. The summed E-state index contributed by atoms with van der Waals surface area (Å²) in [5.41, 5.74) is 0. The van der Waals surface area contributed by atoms with Crippen LogP contribution in [0.3, 0.4) is 0 Å². The van der Waals surface area contributed by atoms with E-state index in [9.17, 15) is 9.90 Å². The molecule has 1 atom stereocenters. The summed E-state index contributed by atoms with van der Waals surface area (Å²) >= 11 is 0. The number of allylic oxidation sites excluding steroid dienone is 4. The van der Waals surface area contributed by atoms with Gasteiger partial charge in [-0.05, 0) is 25.7 Å². The van der Waals surface area contributed by atoms with E-state index < -0.39 is 12.1 Å². The number of aliphatic hydroxyl groups excluding tert-OH is 1. The quantitative estimate of drug-likeness (QED) is 0.339. The summed E-state index contributed by atoms with van der Waals surface area (Å²) in [6.07, 6.45) is 16.8. The molecule has 0 spiro atoms. The van der Waals surface area contributed by atoms with Gasteiger partial charge in [0.15, 0.2) is 0 Å². The molecule has 19 heavy (non-hydrogen) atoms. The van der Waals surface area contributed by atoms with Crippen LogP contribution in [0.4, 0.5) is 0 Å². The molecular formula is C16H26O3. The third kappa shape index (κ3) is 14.6. The molecule has 0 bridgehead atoms. The normalized spacial score (nSPS) is 13.8. The maximum absolute atomic E-state index is 10.3. The van der Waals surface area contributed by atoms with E-state index in [-0.39, 0.29) is 6.42 Å². The van der Waals surface area contributed by atoms with Crippen molar-refractivity contribution in [3.8, 4) is 0 Å². The van der Waals surface area contributed by atoms with Crippen molar-refractivity contribution < 1.29 is 15.0 Å². The van der Waals surface area contributed by atoms with Crippen molar-refractivity contribution in [1.82, 2.24) is 0 Å². The van der Waals surface area contributed by atoms with Crippen molar-refractivity contribution in [2.45, 2.75) is 58.0 Å². The zero-order chi connectivity index (χ0) is 14.3. The van der Waals surface area contributed by atoms with E-state index in [0.29, 0.717) is 12.8 Å². The molecule has 0 aromatic rings. The van der Waals surface area contributed by atoms with Gasteiger partial charge in [0.25, 0.3) is 0 Å². The number of hydrogen-bond acceptors (Lipinski definition) is 2. The van der Waals surface area contributed by atoms with E-state index in [0.717, 1.165) is 6.42 Å². The smallest absolute Gasteiger partial charge is 0.303 e. The summed E-state index contributed by atoms with van der Waals surface area (Å²) in [6.45, 7) is 2.18. The number of carboxylic acids is 1. The summed E-state index contributed by atoms with van der Waals surface area (Å²) in [5.74, 6) is -0.790. The molecule has 0 aliphatic carbocycles. The zero-order valence-electron chi connectivity index (χ0n) is 11.8. The molecule has 0 aromatic carbocycles. The molecule has 2 N–H and O–H groups in total. The van der Waals surface area contributed by atoms with Crippen molar-refractivity contribution >= 4 is 5.97 Å². The Kier molecular flexibility index (Phi) is 12.2. The van der Waals surface area contributed by atoms with E-state index >= 15 is 0 Å². The summed E-state index contributed by atoms with van der Waals surface area (Å²) in [6, 6.07) is 0. The Balaban J connectivity index is 3.61. The SMILES string of the molecule is CCCCC/C=C\C[C@@H](O)/C=C/C=C/CCC(=O)O. The Labute approximate surface area is 116 Å². The third-order valence-corrected chi connectivity index (χ3v) is 2.62. The molecule has 0 aromatic heterocycles. The van der Waals surface area contributed by atoms with E-state index in [2.05, 4.69) is 13.0 Å². The van der Waals surface area contributed by atoms with E-state index in [1.807, 2.05) is 6.08 Å². The Hall–Kier alpha value is -1.35. The summed E-state index contributed by atoms with van der Waals surface area (Å²) in [4.78, 5) is 10.3. The Bertz CT molecular complexity index is 303. The fourth-order valence-electron chi connectivity index (χ4n) is 1.52. The lowest BCUT2D eigenvalue weighted by Crippen LogP contribution is -1.98. The van der Waals surface area contributed by atoms with Gasteiger partial charge in [0, 0.05) is 6.42 Å². The lowest BCUT2D eigenvalue weighted by Gasteiger charge is -1.99. The first kappa shape index (κ1) is 17.6. The first-order chi connectivity index (χ1) is 9.16. The van der Waals surface area contributed by atoms with Gasteiger partial charge >= 0.3 is 5.97 Å². The molecule has 0 fully saturated rings. The first-order valence-electron chi connectivity index (χ1n) is 7.05. The van der Waals surface area contributed by atoms with Crippen molar-refractivity contribution in [1.29, 1.82) is 0 Å². The lowest BCUT2D eigenvalue weighted by atomic mass is 10.1. The van der Waals surface area contributed by atoms with Crippen molar-refractivity contribution in [2.24, 2.45) is 0 Å². The van der Waals surface area contributed by atoms with Gasteiger partial charge in [-0.15, -0.1) is 0 Å². The number of carboxylic acid groups (broad SMARTS) is 1. The van der Waals surface area contributed by atoms with Crippen molar-refractivity contribution in [3.63, 3.8) is 0 Å². The molecular weight excluding hydrogens is 240 g/mol. The van der Waals surface area contributed by atoms with Gasteiger partial charge in [0.2, 0.25) is 0 Å². The lowest BCUT2D eigenvalue weighted by molar-refractivity contribution is -0.136. The number of rotatable bonds is 11. The number of carbonyl (C=O) groups is 1. The van der Waals surface area contributed by atoms with Crippen LogP contribution in [0.2, 0.25) is 0 Å². The summed E-state index contributed by atoms with van der Waals surface area (Å²) in [5, 5.41) is 18.1. The fourth-order valence-corrected chi connectivity index (χ4v) is 1.52. The highest BCUT2D eigenvalue weighted by Crippen LogP contribution is 2.02. The number of aliphatic hydroxyl groups is 1. The largest absolute Gasteiger partial charge is 0.481 e. The van der Waals surface area contributed by atoms with Crippen LogP contribution in [-0.2, 0) is 4.79 Å². The van der Waals surface area contributed by atoms with E-state index in [1.165, 1.54) is 19.3 Å². The average molecular weight is 266 g/mol. The highest BCUT2D eigenvalue weighted by molar-refractivity contribution is 5.66. The minimum atomic E-state index is -0.790. The van der Waals surface area contributed by atoms with Crippen LogP contribution in [0.15, 0.2) is 36.5 Å². The molecule has 3 heteroatoms. The molecule has 0 saturated carbocycles. The van der Waals surface area contributed by atoms with Gasteiger partial charge in [-0.2, -0.15) is 0 Å². The molecule has 0 aliphatic heterocycles. The average Bonchev–Trinajstić information content (AvgIpc) is 2.37. The number of aliphatic carboxylic acids is 1. The van der Waals surface area contributed by atoms with Gasteiger partial charge in [0.1, 0.15) is 0 Å². The molecule has 0 radical (unpaired) electrons. The maximum atomic E-state index is 10.3. The monoisotopic (exact) mass is 266 g/mol. The van der Waals surface area contributed by atoms with Crippen molar-refractivity contribution in [3.05, 3.63) is 36.5 Å². The van der Waals surface area contributed by atoms with Gasteiger partial charge in [-0.25, -0.2) is 0 Å². The summed E-state index contributed by atoms with van der Waals surface area (Å²) in [7, 11) is 0. The zero-order valence-corrected chi connectivity index (χ0v) is 11.8. The molecule has 0 unspecified atom stereocenters. The maximum Gasteiger partial charge on any atom is 0.303 e. The standard InChI is InChI=1S/C16H26O3/c1-2-3-4-5-6-9-12-15(17)13-10-7-8-11-14-16(18)19/h6-10,13,15,17H,2-5,11-12,14H2,1H3,(H,18,19)/b8-7+,9-6-,13-10+/t15-/m1/s1. The van der Waals surface area contributed by atoms with Crippen LogP contribution in [-0.4, -0.2) is 22.3 Å². The van der Waals surface area contributed by atoms with Crippen LogP contribution >= 0.6 is 0 Å². The predicted molar refractivity (Wildman–Crippen MR) is 79.1 cm³/mol. The minimum absolute atomic E-state index is 0.146. The number of hydrogen-bond donors (Lipinski definition) is 2. The van der Waals surface area contributed by atoms with E-state index in [1.54, 1.807) is 24.3 Å². The molecule has 3 nitrogen and oxygen atoms in total. The van der Waals surface area contributed by atoms with Gasteiger partial charge in [0.05, 0.1) is 6.10 Å². The second-order valence-corrected chi connectivity index (χ2v) is 4.52. The second-order valence-electron chi connectivity index (χ2n) is 4.52. The third-order valence-electron chi connectivity index (χ3n) is 2.62. The van der Waals surface area contributed by atoms with E-state index in [4.69, 9.17) is 5.11 Å². The molecule has 0 rings (SSSR count). The predicted octanol–water partition coefficient (Wildman–Crippen LogP) is 3.85. The van der Waals surface area contributed by atoms with Gasteiger partial charge < -0.3 is 10.2 Å². The molecule has 0 amide bonds. The Morgan fingerprint density at radius 3 is 2.58 bits per heavy atom. The molecule has 0 heterocycles. The van der Waals surface area contributed by atoms with Crippen LogP contribution < -0.4 is 0 Å². The van der Waals surface area contributed by atoms with Crippen LogP contribution in [0.5, 0.6) is 0 Å². The van der Waals surface area contributed by atoms with Crippen LogP contribution in [0, 0.1) is 0 Å². The van der Waals surface area contributed by atoms with Gasteiger partial charge in [-0.1, -0.05) is 56.2 Å².